The van der Waals surface area contributed by atoms with Gasteiger partial charge in [-0.1, -0.05) is 37.0 Å². The third-order valence-corrected chi connectivity index (χ3v) is 7.55. The first-order valence-electron chi connectivity index (χ1n) is 8.32. The molecule has 1 aromatic rings. The van der Waals surface area contributed by atoms with E-state index in [2.05, 4.69) is 5.32 Å². The second-order valence-electron chi connectivity index (χ2n) is 6.67. The van der Waals surface area contributed by atoms with E-state index in [0.29, 0.717) is 13.1 Å². The summed E-state index contributed by atoms with van der Waals surface area (Å²) in [7, 11) is -3.09. The van der Waals surface area contributed by atoms with Crippen molar-refractivity contribution in [1.82, 2.24) is 4.90 Å². The van der Waals surface area contributed by atoms with Crippen LogP contribution in [0.25, 0.3) is 0 Å². The van der Waals surface area contributed by atoms with Crippen LogP contribution in [0.15, 0.2) is 24.3 Å². The van der Waals surface area contributed by atoms with Gasteiger partial charge in [0.1, 0.15) is 0 Å². The van der Waals surface area contributed by atoms with Gasteiger partial charge >= 0.3 is 6.03 Å². The molecule has 0 aromatic heterocycles. The van der Waals surface area contributed by atoms with Crippen LogP contribution in [0.4, 0.5) is 10.5 Å². The third kappa shape index (κ3) is 3.52. The van der Waals surface area contributed by atoms with Gasteiger partial charge in [0.2, 0.25) is 0 Å². The lowest BCUT2D eigenvalue weighted by Crippen LogP contribution is -2.59. The molecule has 0 unspecified atom stereocenters. The molecule has 1 saturated heterocycles. The first-order valence-corrected chi connectivity index (χ1v) is 9.93. The molecule has 0 radical (unpaired) electrons. The number of amides is 2. The average molecular weight is 336 g/mol. The molecule has 23 heavy (non-hydrogen) atoms. The van der Waals surface area contributed by atoms with Crippen molar-refractivity contribution in [2.24, 2.45) is 0 Å². The van der Waals surface area contributed by atoms with Crippen LogP contribution >= 0.6 is 0 Å². The van der Waals surface area contributed by atoms with Gasteiger partial charge in [0.15, 0.2) is 9.84 Å². The number of sulfone groups is 1. The van der Waals surface area contributed by atoms with E-state index in [-0.39, 0.29) is 16.5 Å². The van der Waals surface area contributed by atoms with Gasteiger partial charge in [-0.25, -0.2) is 13.2 Å². The monoisotopic (exact) mass is 336 g/mol. The Morgan fingerprint density at radius 2 is 1.65 bits per heavy atom. The molecule has 1 N–H and O–H groups in total. The van der Waals surface area contributed by atoms with Crippen molar-refractivity contribution >= 4 is 21.6 Å². The molecule has 2 amide bonds. The van der Waals surface area contributed by atoms with E-state index in [1.807, 2.05) is 31.2 Å². The van der Waals surface area contributed by atoms with Crippen LogP contribution in [-0.2, 0) is 9.84 Å². The van der Waals surface area contributed by atoms with E-state index in [4.69, 9.17) is 0 Å². The van der Waals surface area contributed by atoms with Gasteiger partial charge in [0.05, 0.1) is 10.5 Å². The highest BCUT2D eigenvalue weighted by Gasteiger charge is 2.43. The summed E-state index contributed by atoms with van der Waals surface area (Å²) in [5, 5.41) is 2.24. The van der Waals surface area contributed by atoms with Crippen LogP contribution in [0, 0.1) is 6.92 Å². The molecule has 1 aliphatic heterocycles. The molecule has 1 aromatic carbocycles. The van der Waals surface area contributed by atoms with Crippen LogP contribution in [0.3, 0.4) is 0 Å². The SMILES string of the molecule is Cc1ccc(NC(=O)N2CC(S(=O)(=O)C3CCCCC3)C2)cc1. The standard InChI is InChI=1S/C17H24N2O3S/c1-13-7-9-14(10-8-13)18-17(20)19-11-16(12-19)23(21,22)15-5-3-2-4-6-15/h7-10,15-16H,2-6,11-12H2,1H3,(H,18,20). The summed E-state index contributed by atoms with van der Waals surface area (Å²) in [6, 6.07) is 7.35. The molecule has 1 aliphatic carbocycles. The highest BCUT2D eigenvalue weighted by atomic mass is 32.2. The molecule has 126 valence electrons. The summed E-state index contributed by atoms with van der Waals surface area (Å²) < 4.78 is 25.1. The number of hydrogen-bond acceptors (Lipinski definition) is 3. The maximum absolute atomic E-state index is 12.6. The Kier molecular flexibility index (Phi) is 4.62. The Labute approximate surface area is 138 Å². The number of carbonyl (C=O) groups is 1. The minimum Gasteiger partial charge on any atom is -0.322 e. The number of aryl methyl sites for hydroxylation is 1. The maximum atomic E-state index is 12.6. The molecular formula is C17H24N2O3S. The minimum absolute atomic E-state index is 0.191. The van der Waals surface area contributed by atoms with E-state index in [0.717, 1.165) is 43.4 Å². The largest absolute Gasteiger partial charge is 0.322 e. The summed E-state index contributed by atoms with van der Waals surface area (Å²) in [6.07, 6.45) is 4.73. The Bertz CT molecular complexity index is 658. The van der Waals surface area contributed by atoms with Crippen molar-refractivity contribution in [2.45, 2.75) is 49.5 Å². The number of urea groups is 1. The van der Waals surface area contributed by atoms with Crippen molar-refractivity contribution in [3.05, 3.63) is 29.8 Å². The number of likely N-dealkylation sites (tertiary alicyclic amines) is 1. The third-order valence-electron chi connectivity index (χ3n) is 4.92. The van der Waals surface area contributed by atoms with E-state index in [1.54, 1.807) is 4.90 Å². The summed E-state index contributed by atoms with van der Waals surface area (Å²) >= 11 is 0. The van der Waals surface area contributed by atoms with Crippen molar-refractivity contribution in [1.29, 1.82) is 0 Å². The number of carbonyl (C=O) groups excluding carboxylic acids is 1. The predicted molar refractivity (Wildman–Crippen MR) is 91.4 cm³/mol. The first-order chi connectivity index (χ1) is 11.0. The number of benzene rings is 1. The number of hydrogen-bond donors (Lipinski definition) is 1. The molecular weight excluding hydrogens is 312 g/mol. The molecule has 0 bridgehead atoms. The fraction of sp³-hybridized carbons (Fsp3) is 0.588. The number of nitrogens with one attached hydrogen (secondary N) is 1. The van der Waals surface area contributed by atoms with Crippen molar-refractivity contribution in [3.63, 3.8) is 0 Å². The summed E-state index contributed by atoms with van der Waals surface area (Å²) in [4.78, 5) is 13.7. The second-order valence-corrected chi connectivity index (χ2v) is 9.18. The lowest BCUT2D eigenvalue weighted by Gasteiger charge is -2.40. The zero-order chi connectivity index (χ0) is 16.4. The number of nitrogens with zero attached hydrogens (tertiary/aromatic N) is 1. The first kappa shape index (κ1) is 16.3. The molecule has 6 heteroatoms. The quantitative estimate of drug-likeness (QED) is 0.923. The lowest BCUT2D eigenvalue weighted by molar-refractivity contribution is 0.182. The number of anilines is 1. The van der Waals surface area contributed by atoms with Crippen LogP contribution in [0.1, 0.15) is 37.7 Å². The zero-order valence-corrected chi connectivity index (χ0v) is 14.3. The van der Waals surface area contributed by atoms with Crippen LogP contribution in [0.2, 0.25) is 0 Å². The number of rotatable bonds is 3. The maximum Gasteiger partial charge on any atom is 0.321 e. The summed E-state index contributed by atoms with van der Waals surface area (Å²) in [6.45, 7) is 2.62. The van der Waals surface area contributed by atoms with E-state index in [1.165, 1.54) is 0 Å². The van der Waals surface area contributed by atoms with Gasteiger partial charge in [-0.15, -0.1) is 0 Å². The van der Waals surface area contributed by atoms with Crippen LogP contribution in [-0.4, -0.2) is 42.9 Å². The topological polar surface area (TPSA) is 66.5 Å². The molecule has 3 rings (SSSR count). The normalized spacial score (nSPS) is 20.1. The van der Waals surface area contributed by atoms with Gasteiger partial charge < -0.3 is 10.2 Å². The molecule has 1 saturated carbocycles. The fourth-order valence-corrected chi connectivity index (χ4v) is 5.63. The molecule has 0 spiro atoms. The van der Waals surface area contributed by atoms with Crippen LogP contribution < -0.4 is 5.32 Å². The zero-order valence-electron chi connectivity index (χ0n) is 13.5. The summed E-state index contributed by atoms with van der Waals surface area (Å²) in [5.41, 5.74) is 1.87. The van der Waals surface area contributed by atoms with E-state index < -0.39 is 9.84 Å². The highest BCUT2D eigenvalue weighted by Crippen LogP contribution is 2.30. The van der Waals surface area contributed by atoms with E-state index >= 15 is 0 Å². The minimum atomic E-state index is -3.09. The lowest BCUT2D eigenvalue weighted by atomic mass is 10.0. The predicted octanol–water partition coefficient (Wildman–Crippen LogP) is 2.96. The van der Waals surface area contributed by atoms with Crippen LogP contribution in [0.5, 0.6) is 0 Å². The average Bonchev–Trinajstić information content (AvgIpc) is 2.49. The molecule has 2 aliphatic rings. The molecule has 2 fully saturated rings. The fourth-order valence-electron chi connectivity index (χ4n) is 3.32. The Morgan fingerprint density at radius 1 is 1.04 bits per heavy atom. The Balaban J connectivity index is 1.53. The van der Waals surface area contributed by atoms with Gasteiger partial charge in [0, 0.05) is 18.8 Å². The smallest absolute Gasteiger partial charge is 0.321 e. The summed E-state index contributed by atoms with van der Waals surface area (Å²) in [5.74, 6) is 0. The second kappa shape index (κ2) is 6.51. The highest BCUT2D eigenvalue weighted by molar-refractivity contribution is 7.92. The van der Waals surface area contributed by atoms with Crippen molar-refractivity contribution in [3.8, 4) is 0 Å². The van der Waals surface area contributed by atoms with Gasteiger partial charge in [-0.3, -0.25) is 0 Å². The molecule has 1 heterocycles. The molecule has 5 nitrogen and oxygen atoms in total. The molecule has 0 atom stereocenters. The van der Waals surface area contributed by atoms with Gasteiger partial charge in [-0.2, -0.15) is 0 Å². The van der Waals surface area contributed by atoms with Crippen molar-refractivity contribution in [2.75, 3.05) is 18.4 Å². The van der Waals surface area contributed by atoms with Crippen molar-refractivity contribution < 1.29 is 13.2 Å². The Morgan fingerprint density at radius 3 is 2.26 bits per heavy atom. The van der Waals surface area contributed by atoms with E-state index in [9.17, 15) is 13.2 Å². The Hall–Kier alpha value is -1.56. The van der Waals surface area contributed by atoms with Gasteiger partial charge in [0.25, 0.3) is 0 Å². The van der Waals surface area contributed by atoms with Gasteiger partial charge in [-0.05, 0) is 31.9 Å².